The number of aromatic hydroxyl groups is 1. The van der Waals surface area contributed by atoms with Crippen molar-refractivity contribution in [2.24, 2.45) is 5.73 Å². The number of hydrogen-bond donors (Lipinski definition) is 4. The number of nitrogens with two attached hydrogens (primary N) is 1. The first-order chi connectivity index (χ1) is 12.2. The summed E-state index contributed by atoms with van der Waals surface area (Å²) in [5.41, 5.74) is 5.64. The number of primary amides is 1. The van der Waals surface area contributed by atoms with Gasteiger partial charge >= 0.3 is 0 Å². The molecule has 0 saturated carbocycles. The molecular weight excluding hydrogens is 332 g/mol. The fourth-order valence-corrected chi connectivity index (χ4v) is 2.74. The molecule has 140 valence electrons. The topological polar surface area (TPSA) is 105 Å². The molecule has 0 bridgehead atoms. The van der Waals surface area contributed by atoms with E-state index in [-0.39, 0.29) is 17.4 Å². The Labute approximate surface area is 153 Å². The number of aliphatic hydroxyl groups is 1. The maximum atomic E-state index is 11.3. The highest BCUT2D eigenvalue weighted by atomic mass is 16.5. The molecular formula is C20H26N2O4. The third kappa shape index (κ3) is 5.21. The number of aliphatic hydroxyl groups excluding tert-OH is 1. The zero-order chi connectivity index (χ0) is 19.3. The summed E-state index contributed by atoms with van der Waals surface area (Å²) in [5, 5.41) is 23.5. The van der Waals surface area contributed by atoms with Crippen LogP contribution in [0.1, 0.15) is 42.8 Å². The minimum Gasteiger partial charge on any atom is -0.507 e. The zero-order valence-electron chi connectivity index (χ0n) is 15.3. The zero-order valence-corrected chi connectivity index (χ0v) is 15.3. The molecule has 0 heterocycles. The second-order valence-corrected chi connectivity index (χ2v) is 7.00. The van der Waals surface area contributed by atoms with Crippen LogP contribution >= 0.6 is 0 Å². The van der Waals surface area contributed by atoms with Crippen molar-refractivity contribution in [3.8, 4) is 11.5 Å². The predicted molar refractivity (Wildman–Crippen MR) is 100 cm³/mol. The minimum absolute atomic E-state index is 0.0149. The molecule has 5 N–H and O–H groups in total. The van der Waals surface area contributed by atoms with Crippen molar-refractivity contribution in [3.63, 3.8) is 0 Å². The van der Waals surface area contributed by atoms with Crippen LogP contribution in [0.2, 0.25) is 0 Å². The van der Waals surface area contributed by atoms with Gasteiger partial charge in [0.2, 0.25) is 0 Å². The van der Waals surface area contributed by atoms with Crippen LogP contribution in [0.15, 0.2) is 48.5 Å². The SMILES string of the molecule is CC(NC(C)(C)COc1ccc(O)c(C(N)=O)c1)C(O)c1ccccc1. The highest BCUT2D eigenvalue weighted by molar-refractivity contribution is 5.95. The van der Waals surface area contributed by atoms with Gasteiger partial charge in [0, 0.05) is 11.6 Å². The van der Waals surface area contributed by atoms with E-state index >= 15 is 0 Å². The first-order valence-electron chi connectivity index (χ1n) is 8.46. The number of ether oxygens (including phenoxy) is 1. The number of amides is 1. The van der Waals surface area contributed by atoms with Crippen LogP contribution in [0.3, 0.4) is 0 Å². The average Bonchev–Trinajstić information content (AvgIpc) is 2.60. The van der Waals surface area contributed by atoms with Crippen LogP contribution < -0.4 is 15.8 Å². The summed E-state index contributed by atoms with van der Waals surface area (Å²) in [6.07, 6.45) is -0.648. The van der Waals surface area contributed by atoms with Gasteiger partial charge in [0.25, 0.3) is 5.91 Å². The fraction of sp³-hybridized carbons (Fsp3) is 0.350. The van der Waals surface area contributed by atoms with Crippen LogP contribution in [0.4, 0.5) is 0 Å². The Balaban J connectivity index is 1.98. The summed E-state index contributed by atoms with van der Waals surface area (Å²) < 4.78 is 5.74. The van der Waals surface area contributed by atoms with Gasteiger partial charge in [-0.2, -0.15) is 0 Å². The molecule has 0 saturated heterocycles. The summed E-state index contributed by atoms with van der Waals surface area (Å²) in [6, 6.07) is 13.6. The Morgan fingerprint density at radius 2 is 1.88 bits per heavy atom. The number of carbonyl (C=O) groups is 1. The highest BCUT2D eigenvalue weighted by Crippen LogP contribution is 2.24. The van der Waals surface area contributed by atoms with Crippen LogP contribution in [-0.4, -0.2) is 34.3 Å². The van der Waals surface area contributed by atoms with Crippen molar-refractivity contribution in [1.82, 2.24) is 5.32 Å². The van der Waals surface area contributed by atoms with Crippen molar-refractivity contribution < 1.29 is 19.7 Å². The van der Waals surface area contributed by atoms with Gasteiger partial charge in [-0.15, -0.1) is 0 Å². The van der Waals surface area contributed by atoms with E-state index in [4.69, 9.17) is 10.5 Å². The number of nitrogens with one attached hydrogen (secondary N) is 1. The lowest BCUT2D eigenvalue weighted by atomic mass is 9.99. The molecule has 6 heteroatoms. The third-order valence-electron chi connectivity index (χ3n) is 4.07. The minimum atomic E-state index is -0.718. The third-order valence-corrected chi connectivity index (χ3v) is 4.07. The highest BCUT2D eigenvalue weighted by Gasteiger charge is 2.25. The van der Waals surface area contributed by atoms with Crippen LogP contribution in [0.5, 0.6) is 11.5 Å². The number of phenols is 1. The van der Waals surface area contributed by atoms with Crippen LogP contribution in [0.25, 0.3) is 0 Å². The lowest BCUT2D eigenvalue weighted by Gasteiger charge is -2.32. The normalized spacial score (nSPS) is 13.8. The van der Waals surface area contributed by atoms with Gasteiger partial charge in [0.1, 0.15) is 18.1 Å². The van der Waals surface area contributed by atoms with E-state index in [0.717, 1.165) is 5.56 Å². The van der Waals surface area contributed by atoms with Gasteiger partial charge in [-0.1, -0.05) is 30.3 Å². The van der Waals surface area contributed by atoms with E-state index in [9.17, 15) is 15.0 Å². The first kappa shape index (κ1) is 19.8. The Kier molecular flexibility index (Phi) is 6.23. The Morgan fingerprint density at radius 1 is 1.23 bits per heavy atom. The van der Waals surface area contributed by atoms with Gasteiger partial charge in [-0.05, 0) is 44.5 Å². The molecule has 6 nitrogen and oxygen atoms in total. The molecule has 2 aromatic carbocycles. The number of hydrogen-bond acceptors (Lipinski definition) is 5. The maximum Gasteiger partial charge on any atom is 0.252 e. The molecule has 2 unspecified atom stereocenters. The summed E-state index contributed by atoms with van der Waals surface area (Å²) in [7, 11) is 0. The first-order valence-corrected chi connectivity index (χ1v) is 8.46. The summed E-state index contributed by atoms with van der Waals surface area (Å²) in [6.45, 7) is 6.11. The van der Waals surface area contributed by atoms with Crippen molar-refractivity contribution in [3.05, 3.63) is 59.7 Å². The molecule has 1 amide bonds. The van der Waals surface area contributed by atoms with Gasteiger partial charge in [0.15, 0.2) is 0 Å². The van der Waals surface area contributed by atoms with Gasteiger partial charge < -0.3 is 26.0 Å². The van der Waals surface area contributed by atoms with E-state index in [1.807, 2.05) is 51.1 Å². The van der Waals surface area contributed by atoms with Crippen molar-refractivity contribution in [2.45, 2.75) is 38.5 Å². The lowest BCUT2D eigenvalue weighted by Crippen LogP contribution is -2.50. The summed E-state index contributed by atoms with van der Waals surface area (Å²) >= 11 is 0. The molecule has 0 aliphatic rings. The smallest absolute Gasteiger partial charge is 0.252 e. The quantitative estimate of drug-likeness (QED) is 0.580. The van der Waals surface area contributed by atoms with E-state index < -0.39 is 17.6 Å². The number of benzene rings is 2. The number of carbonyl (C=O) groups excluding carboxylic acids is 1. The molecule has 2 rings (SSSR count). The summed E-state index contributed by atoms with van der Waals surface area (Å²) in [4.78, 5) is 11.3. The molecule has 2 atom stereocenters. The molecule has 0 aromatic heterocycles. The fourth-order valence-electron chi connectivity index (χ4n) is 2.74. The monoisotopic (exact) mass is 358 g/mol. The van der Waals surface area contributed by atoms with Gasteiger partial charge in [-0.25, -0.2) is 0 Å². The molecule has 0 spiro atoms. The van der Waals surface area contributed by atoms with Crippen molar-refractivity contribution in [2.75, 3.05) is 6.61 Å². The molecule has 0 radical (unpaired) electrons. The van der Waals surface area contributed by atoms with Gasteiger partial charge in [-0.3, -0.25) is 4.79 Å². The Morgan fingerprint density at radius 3 is 2.50 bits per heavy atom. The lowest BCUT2D eigenvalue weighted by molar-refractivity contribution is 0.0994. The van der Waals surface area contributed by atoms with E-state index in [1.54, 1.807) is 6.07 Å². The Hall–Kier alpha value is -2.57. The molecule has 0 aliphatic heterocycles. The van der Waals surface area contributed by atoms with E-state index in [0.29, 0.717) is 12.4 Å². The van der Waals surface area contributed by atoms with Crippen molar-refractivity contribution >= 4 is 5.91 Å². The van der Waals surface area contributed by atoms with Crippen LogP contribution in [0, 0.1) is 0 Å². The predicted octanol–water partition coefficient (Wildman–Crippen LogP) is 2.36. The molecule has 0 aliphatic carbocycles. The van der Waals surface area contributed by atoms with Crippen molar-refractivity contribution in [1.29, 1.82) is 0 Å². The largest absolute Gasteiger partial charge is 0.507 e. The maximum absolute atomic E-state index is 11.3. The van der Waals surface area contributed by atoms with E-state index in [2.05, 4.69) is 5.32 Å². The average molecular weight is 358 g/mol. The standard InChI is InChI=1S/C20H26N2O4/c1-13(18(24)14-7-5-4-6-8-14)22-20(2,3)12-26-15-9-10-17(23)16(11-15)19(21)25/h4-11,13,18,22-24H,12H2,1-3H3,(H2,21,25). The molecule has 0 fully saturated rings. The summed E-state index contributed by atoms with van der Waals surface area (Å²) in [5.74, 6) is -0.463. The van der Waals surface area contributed by atoms with Gasteiger partial charge in [0.05, 0.1) is 11.7 Å². The van der Waals surface area contributed by atoms with Crippen LogP contribution in [-0.2, 0) is 0 Å². The Bertz CT molecular complexity index is 747. The molecule has 2 aromatic rings. The van der Waals surface area contributed by atoms with E-state index in [1.165, 1.54) is 12.1 Å². The second-order valence-electron chi connectivity index (χ2n) is 7.00. The number of rotatable bonds is 8. The second kappa shape index (κ2) is 8.21. The molecule has 26 heavy (non-hydrogen) atoms.